The molecule has 0 amide bonds. The van der Waals surface area contributed by atoms with Gasteiger partial charge in [0.25, 0.3) is 0 Å². The van der Waals surface area contributed by atoms with Crippen LogP contribution in [0.25, 0.3) is 38.0 Å². The fourth-order valence-electron chi connectivity index (χ4n) is 3.58. The highest BCUT2D eigenvalue weighted by Crippen LogP contribution is 2.35. The van der Waals surface area contributed by atoms with E-state index in [1.165, 1.54) is 16.3 Å². The van der Waals surface area contributed by atoms with Gasteiger partial charge >= 0.3 is 0 Å². The van der Waals surface area contributed by atoms with Crippen LogP contribution < -0.4 is 0 Å². The fraction of sp³-hybridized carbons (Fsp3) is 0.154. The third-order valence-electron chi connectivity index (χ3n) is 5.06. The van der Waals surface area contributed by atoms with E-state index < -0.39 is 0 Å². The lowest BCUT2D eigenvalue weighted by Gasteiger charge is -2.22. The van der Waals surface area contributed by atoms with Gasteiger partial charge < -0.3 is 0 Å². The highest BCUT2D eigenvalue weighted by atomic mass is 14.7. The second-order valence-corrected chi connectivity index (χ2v) is 8.08. The number of benzene rings is 3. The first-order chi connectivity index (χ1) is 13.5. The Morgan fingerprint density at radius 1 is 0.786 bits per heavy atom. The summed E-state index contributed by atoms with van der Waals surface area (Å²) in [5.74, 6) is 0. The van der Waals surface area contributed by atoms with Gasteiger partial charge in [-0.25, -0.2) is 4.85 Å². The van der Waals surface area contributed by atoms with E-state index in [9.17, 15) is 0 Å². The molecule has 0 unspecified atom stereocenters. The Morgan fingerprint density at radius 2 is 1.54 bits per heavy atom. The largest absolute Gasteiger partial charge is 0.256 e. The summed E-state index contributed by atoms with van der Waals surface area (Å²) in [4.78, 5) is 8.12. The van der Waals surface area contributed by atoms with Crippen molar-refractivity contribution in [2.75, 3.05) is 0 Å². The summed E-state index contributed by atoms with van der Waals surface area (Å²) in [6.07, 6.45) is 1.86. The van der Waals surface area contributed by atoms with Gasteiger partial charge in [-0.05, 0) is 57.1 Å². The van der Waals surface area contributed by atoms with Crippen LogP contribution in [0, 0.1) is 6.57 Å². The lowest BCUT2D eigenvalue weighted by atomic mass is 9.82. The van der Waals surface area contributed by atoms with E-state index in [2.05, 4.69) is 73.1 Å². The van der Waals surface area contributed by atoms with Gasteiger partial charge in [0.05, 0.1) is 12.3 Å². The van der Waals surface area contributed by atoms with E-state index >= 15 is 0 Å². The summed E-state index contributed by atoms with van der Waals surface area (Å²) in [6.45, 7) is 13.9. The second-order valence-electron chi connectivity index (χ2n) is 8.08. The molecule has 0 fully saturated rings. The summed E-state index contributed by atoms with van der Waals surface area (Å²) >= 11 is 0. The molecule has 1 heterocycles. The van der Waals surface area contributed by atoms with Crippen LogP contribution in [0.1, 0.15) is 26.3 Å². The van der Waals surface area contributed by atoms with Crippen molar-refractivity contribution in [2.24, 2.45) is 0 Å². The van der Waals surface area contributed by atoms with Gasteiger partial charge in [-0.2, -0.15) is 0 Å². The Kier molecular flexibility index (Phi) is 4.45. The maximum absolute atomic E-state index is 7.12. The number of hydrogen-bond acceptors (Lipinski definition) is 1. The van der Waals surface area contributed by atoms with Crippen LogP contribution in [-0.2, 0) is 5.41 Å². The number of nitrogens with zero attached hydrogens (tertiary/aromatic N) is 2. The average molecular weight is 362 g/mol. The summed E-state index contributed by atoms with van der Waals surface area (Å²) in [7, 11) is 0. The number of rotatable bonds is 2. The molecule has 136 valence electrons. The Morgan fingerprint density at radius 3 is 2.25 bits per heavy atom. The lowest BCUT2D eigenvalue weighted by Crippen LogP contribution is -2.12. The van der Waals surface area contributed by atoms with Crippen molar-refractivity contribution in [3.8, 4) is 22.4 Å². The minimum atomic E-state index is 0.0445. The zero-order valence-corrected chi connectivity index (χ0v) is 16.4. The van der Waals surface area contributed by atoms with Crippen LogP contribution in [0.5, 0.6) is 0 Å². The molecule has 1 aromatic heterocycles. The van der Waals surface area contributed by atoms with Crippen LogP contribution in [0.4, 0.5) is 5.69 Å². The molecule has 0 saturated carbocycles. The molecule has 0 aliphatic rings. The van der Waals surface area contributed by atoms with Crippen molar-refractivity contribution >= 4 is 16.5 Å². The quantitative estimate of drug-likeness (QED) is 0.339. The molecule has 4 aromatic rings. The van der Waals surface area contributed by atoms with E-state index in [0.717, 1.165) is 22.4 Å². The van der Waals surface area contributed by atoms with Crippen LogP contribution in [0.3, 0.4) is 0 Å². The smallest absolute Gasteiger partial charge is 0.187 e. The van der Waals surface area contributed by atoms with Crippen molar-refractivity contribution in [2.45, 2.75) is 26.2 Å². The predicted molar refractivity (Wildman–Crippen MR) is 118 cm³/mol. The molecule has 4 rings (SSSR count). The van der Waals surface area contributed by atoms with Gasteiger partial charge in [-0.15, -0.1) is 0 Å². The summed E-state index contributed by atoms with van der Waals surface area (Å²) in [5, 5.41) is 2.53. The van der Waals surface area contributed by atoms with E-state index in [0.29, 0.717) is 5.69 Å². The molecule has 0 radical (unpaired) electrons. The van der Waals surface area contributed by atoms with Crippen LogP contribution in [0.15, 0.2) is 79.0 Å². The molecule has 0 saturated heterocycles. The van der Waals surface area contributed by atoms with Crippen molar-refractivity contribution in [1.29, 1.82) is 0 Å². The summed E-state index contributed by atoms with van der Waals surface area (Å²) < 4.78 is 0. The van der Waals surface area contributed by atoms with Crippen molar-refractivity contribution < 1.29 is 0 Å². The fourth-order valence-corrected chi connectivity index (χ4v) is 3.58. The number of fused-ring (bicyclic) bond motifs is 1. The molecule has 28 heavy (non-hydrogen) atoms. The number of aromatic nitrogens is 1. The zero-order valence-electron chi connectivity index (χ0n) is 16.4. The average Bonchev–Trinajstić information content (AvgIpc) is 2.72. The van der Waals surface area contributed by atoms with Gasteiger partial charge in [-0.3, -0.25) is 4.98 Å². The first-order valence-corrected chi connectivity index (χ1v) is 9.43. The minimum absolute atomic E-state index is 0.0445. The van der Waals surface area contributed by atoms with Crippen LogP contribution >= 0.6 is 0 Å². The molecule has 0 N–H and O–H groups in total. The second kappa shape index (κ2) is 6.94. The monoisotopic (exact) mass is 362 g/mol. The predicted octanol–water partition coefficient (Wildman–Crippen LogP) is 7.42. The number of hydrogen-bond donors (Lipinski definition) is 0. The molecule has 0 spiro atoms. The maximum Gasteiger partial charge on any atom is 0.187 e. The molecule has 2 nitrogen and oxygen atoms in total. The van der Waals surface area contributed by atoms with Crippen LogP contribution in [0.2, 0.25) is 0 Å². The van der Waals surface area contributed by atoms with E-state index in [4.69, 9.17) is 6.57 Å². The molecule has 2 heteroatoms. The minimum Gasteiger partial charge on any atom is -0.256 e. The molecular formula is C26H22N2. The Balaban J connectivity index is 1.85. The SMILES string of the molecule is [C-]#[N+]c1ccc(-c2ccnc(-c3cc(C(C)(C)C)c4ccccc4c3)c2)cc1. The molecule has 3 aromatic carbocycles. The normalized spacial score (nSPS) is 11.4. The van der Waals surface area contributed by atoms with E-state index in [1.807, 2.05) is 36.5 Å². The Labute approximate surface area is 166 Å². The highest BCUT2D eigenvalue weighted by Gasteiger charge is 2.18. The Bertz CT molecular complexity index is 1190. The zero-order chi connectivity index (χ0) is 19.7. The van der Waals surface area contributed by atoms with Crippen LogP contribution in [-0.4, -0.2) is 4.98 Å². The van der Waals surface area contributed by atoms with E-state index in [1.54, 1.807) is 0 Å². The van der Waals surface area contributed by atoms with E-state index in [-0.39, 0.29) is 5.41 Å². The lowest BCUT2D eigenvalue weighted by molar-refractivity contribution is 0.596. The highest BCUT2D eigenvalue weighted by molar-refractivity contribution is 5.91. The van der Waals surface area contributed by atoms with Crippen molar-refractivity contribution in [3.05, 3.63) is 96.0 Å². The standard InChI is InChI=1S/C26H22N2/c1-26(2,3)24-16-21(15-20-7-5-6-8-23(20)24)25-17-19(13-14-28-25)18-9-11-22(27-4)12-10-18/h5-17H,1-3H3. The number of pyridine rings is 1. The molecular weight excluding hydrogens is 340 g/mol. The molecule has 0 aliphatic heterocycles. The first-order valence-electron chi connectivity index (χ1n) is 9.43. The first kappa shape index (κ1) is 17.9. The summed E-state index contributed by atoms with van der Waals surface area (Å²) in [6, 6.07) is 24.9. The van der Waals surface area contributed by atoms with Crippen molar-refractivity contribution in [3.63, 3.8) is 0 Å². The molecule has 0 aliphatic carbocycles. The third-order valence-corrected chi connectivity index (χ3v) is 5.06. The van der Waals surface area contributed by atoms with Gasteiger partial charge in [0.15, 0.2) is 5.69 Å². The third kappa shape index (κ3) is 3.40. The summed E-state index contributed by atoms with van der Waals surface area (Å²) in [5.41, 5.74) is 6.31. The maximum atomic E-state index is 7.12. The Hall–Kier alpha value is -3.44. The topological polar surface area (TPSA) is 17.2 Å². The van der Waals surface area contributed by atoms with Gasteiger partial charge in [-0.1, -0.05) is 69.3 Å². The molecule has 0 atom stereocenters. The van der Waals surface area contributed by atoms with Gasteiger partial charge in [0.1, 0.15) is 0 Å². The van der Waals surface area contributed by atoms with Crippen molar-refractivity contribution in [1.82, 2.24) is 4.98 Å². The van der Waals surface area contributed by atoms with Gasteiger partial charge in [0.2, 0.25) is 0 Å². The molecule has 0 bridgehead atoms. The van der Waals surface area contributed by atoms with Gasteiger partial charge in [0, 0.05) is 11.8 Å².